The molecule has 0 radical (unpaired) electrons. The standard InChI is InChI=1S/C15H25N3O2S/c1-12-5-3-7-17(9-12)8-4-6-16-14(19)10-18-13(2)11-21-15(18)20/h11-12H,3-10H2,1-2H3,(H,16,19). The zero-order valence-electron chi connectivity index (χ0n) is 12.9. The van der Waals surface area contributed by atoms with Gasteiger partial charge in [-0.05, 0) is 45.2 Å². The lowest BCUT2D eigenvalue weighted by Gasteiger charge is -2.30. The summed E-state index contributed by atoms with van der Waals surface area (Å²) < 4.78 is 1.52. The lowest BCUT2D eigenvalue weighted by atomic mass is 10.0. The third kappa shape index (κ3) is 4.97. The number of carbonyl (C=O) groups excluding carboxylic acids is 1. The molecule has 0 aromatic carbocycles. The Bertz CT molecular complexity index is 523. The predicted octanol–water partition coefficient (Wildman–Crippen LogP) is 1.46. The minimum atomic E-state index is -0.0781. The molecule has 2 rings (SSSR count). The fourth-order valence-electron chi connectivity index (χ4n) is 2.82. The van der Waals surface area contributed by atoms with Gasteiger partial charge in [-0.1, -0.05) is 18.3 Å². The maximum absolute atomic E-state index is 11.8. The first-order chi connectivity index (χ1) is 10.1. The average Bonchev–Trinajstić information content (AvgIpc) is 2.76. The molecule has 0 aliphatic carbocycles. The molecule has 2 heterocycles. The monoisotopic (exact) mass is 311 g/mol. The number of likely N-dealkylation sites (tertiary alicyclic amines) is 1. The topological polar surface area (TPSA) is 54.3 Å². The summed E-state index contributed by atoms with van der Waals surface area (Å²) in [6.45, 7) is 8.37. The zero-order valence-corrected chi connectivity index (χ0v) is 13.7. The Kier molecular flexibility index (Phi) is 5.99. The molecule has 1 atom stereocenters. The molecule has 1 aliphatic heterocycles. The Balaban J connectivity index is 1.64. The second-order valence-corrected chi connectivity index (χ2v) is 6.80. The number of rotatable bonds is 6. The van der Waals surface area contributed by atoms with Crippen molar-refractivity contribution in [1.29, 1.82) is 0 Å². The largest absolute Gasteiger partial charge is 0.355 e. The number of aryl methyl sites for hydroxylation is 1. The maximum Gasteiger partial charge on any atom is 0.307 e. The number of nitrogens with zero attached hydrogens (tertiary/aromatic N) is 2. The minimum absolute atomic E-state index is 0.0649. The Labute approximate surface area is 130 Å². The van der Waals surface area contributed by atoms with Crippen LogP contribution >= 0.6 is 11.3 Å². The van der Waals surface area contributed by atoms with Crippen LogP contribution in [0, 0.1) is 12.8 Å². The number of aromatic nitrogens is 1. The Morgan fingerprint density at radius 2 is 2.33 bits per heavy atom. The van der Waals surface area contributed by atoms with Gasteiger partial charge in [-0.15, -0.1) is 0 Å². The highest BCUT2D eigenvalue weighted by molar-refractivity contribution is 7.07. The molecule has 0 saturated carbocycles. The second kappa shape index (κ2) is 7.75. The van der Waals surface area contributed by atoms with Gasteiger partial charge in [-0.25, -0.2) is 0 Å². The Morgan fingerprint density at radius 1 is 1.52 bits per heavy atom. The fourth-order valence-corrected chi connectivity index (χ4v) is 3.55. The lowest BCUT2D eigenvalue weighted by Crippen LogP contribution is -2.37. The molecule has 1 fully saturated rings. The zero-order chi connectivity index (χ0) is 15.2. The van der Waals surface area contributed by atoms with E-state index >= 15 is 0 Å². The molecule has 118 valence electrons. The van der Waals surface area contributed by atoms with Gasteiger partial charge >= 0.3 is 4.87 Å². The van der Waals surface area contributed by atoms with E-state index in [0.717, 1.165) is 35.9 Å². The average molecular weight is 311 g/mol. The van der Waals surface area contributed by atoms with Crippen LogP contribution in [0.15, 0.2) is 10.2 Å². The first-order valence-electron chi connectivity index (χ1n) is 7.70. The summed E-state index contributed by atoms with van der Waals surface area (Å²) in [6.07, 6.45) is 3.59. The lowest BCUT2D eigenvalue weighted by molar-refractivity contribution is -0.121. The summed E-state index contributed by atoms with van der Waals surface area (Å²) in [5.41, 5.74) is 0.849. The molecule has 1 amide bonds. The Hall–Kier alpha value is -1.14. The first kappa shape index (κ1) is 16.2. The van der Waals surface area contributed by atoms with Gasteiger partial charge in [-0.2, -0.15) is 0 Å². The van der Waals surface area contributed by atoms with Crippen molar-refractivity contribution in [3.05, 3.63) is 20.7 Å². The van der Waals surface area contributed by atoms with E-state index in [-0.39, 0.29) is 17.3 Å². The summed E-state index contributed by atoms with van der Waals surface area (Å²) in [5, 5.41) is 4.69. The highest BCUT2D eigenvalue weighted by Crippen LogP contribution is 2.15. The summed E-state index contributed by atoms with van der Waals surface area (Å²) >= 11 is 1.14. The molecule has 21 heavy (non-hydrogen) atoms. The van der Waals surface area contributed by atoms with Gasteiger partial charge in [0.2, 0.25) is 5.91 Å². The summed E-state index contributed by atoms with van der Waals surface area (Å²) in [4.78, 5) is 25.8. The van der Waals surface area contributed by atoms with Crippen molar-refractivity contribution in [3.8, 4) is 0 Å². The van der Waals surface area contributed by atoms with Crippen LogP contribution in [0.4, 0.5) is 0 Å². The van der Waals surface area contributed by atoms with Crippen LogP contribution in [0.25, 0.3) is 0 Å². The first-order valence-corrected chi connectivity index (χ1v) is 8.58. The van der Waals surface area contributed by atoms with Crippen LogP contribution in [-0.2, 0) is 11.3 Å². The van der Waals surface area contributed by atoms with E-state index in [2.05, 4.69) is 17.1 Å². The highest BCUT2D eigenvalue weighted by Gasteiger charge is 2.15. The van der Waals surface area contributed by atoms with E-state index in [1.807, 2.05) is 6.92 Å². The SMILES string of the molecule is Cc1csc(=O)n1CC(=O)NCCCN1CCCC(C)C1. The molecule has 1 N–H and O–H groups in total. The molecule has 1 saturated heterocycles. The van der Waals surface area contributed by atoms with Crippen molar-refractivity contribution >= 4 is 17.2 Å². The van der Waals surface area contributed by atoms with Crippen molar-refractivity contribution in [2.75, 3.05) is 26.2 Å². The smallest absolute Gasteiger partial charge is 0.307 e. The molecule has 1 aliphatic rings. The van der Waals surface area contributed by atoms with Gasteiger partial charge in [0.1, 0.15) is 6.54 Å². The number of thiazole rings is 1. The number of carbonyl (C=O) groups is 1. The van der Waals surface area contributed by atoms with Gasteiger partial charge < -0.3 is 10.2 Å². The van der Waals surface area contributed by atoms with E-state index in [0.29, 0.717) is 6.54 Å². The van der Waals surface area contributed by atoms with Gasteiger partial charge in [0.25, 0.3) is 0 Å². The molecule has 1 unspecified atom stereocenters. The second-order valence-electron chi connectivity index (χ2n) is 5.98. The fraction of sp³-hybridized carbons (Fsp3) is 0.733. The van der Waals surface area contributed by atoms with Crippen molar-refractivity contribution < 1.29 is 4.79 Å². The van der Waals surface area contributed by atoms with Crippen molar-refractivity contribution in [3.63, 3.8) is 0 Å². The maximum atomic E-state index is 11.8. The molecule has 5 nitrogen and oxygen atoms in total. The van der Waals surface area contributed by atoms with Gasteiger partial charge in [0.15, 0.2) is 0 Å². The van der Waals surface area contributed by atoms with E-state index in [9.17, 15) is 9.59 Å². The van der Waals surface area contributed by atoms with Crippen molar-refractivity contribution in [2.24, 2.45) is 5.92 Å². The van der Waals surface area contributed by atoms with Gasteiger partial charge in [0.05, 0.1) is 0 Å². The van der Waals surface area contributed by atoms with Crippen LogP contribution in [-0.4, -0.2) is 41.6 Å². The molecule has 0 bridgehead atoms. The molecule has 6 heteroatoms. The number of hydrogen-bond acceptors (Lipinski definition) is 4. The molecular formula is C15H25N3O2S. The van der Waals surface area contributed by atoms with Crippen molar-refractivity contribution in [2.45, 2.75) is 39.7 Å². The highest BCUT2D eigenvalue weighted by atomic mass is 32.1. The van der Waals surface area contributed by atoms with E-state index in [1.165, 1.54) is 30.5 Å². The number of nitrogens with one attached hydrogen (secondary N) is 1. The van der Waals surface area contributed by atoms with Crippen LogP contribution < -0.4 is 10.2 Å². The summed E-state index contributed by atoms with van der Waals surface area (Å²) in [5.74, 6) is 0.715. The molecule has 1 aromatic rings. The summed E-state index contributed by atoms with van der Waals surface area (Å²) in [7, 11) is 0. The van der Waals surface area contributed by atoms with Gasteiger partial charge in [0, 0.05) is 24.2 Å². The van der Waals surface area contributed by atoms with Crippen molar-refractivity contribution in [1.82, 2.24) is 14.8 Å². The number of hydrogen-bond donors (Lipinski definition) is 1. The van der Waals surface area contributed by atoms with Crippen LogP contribution in [0.5, 0.6) is 0 Å². The van der Waals surface area contributed by atoms with Crippen LogP contribution in [0.2, 0.25) is 0 Å². The predicted molar refractivity (Wildman–Crippen MR) is 85.8 cm³/mol. The molecular weight excluding hydrogens is 286 g/mol. The number of piperidine rings is 1. The van der Waals surface area contributed by atoms with E-state index in [4.69, 9.17) is 0 Å². The van der Waals surface area contributed by atoms with E-state index < -0.39 is 0 Å². The quantitative estimate of drug-likeness (QED) is 0.809. The Morgan fingerprint density at radius 3 is 3.00 bits per heavy atom. The normalized spacial score (nSPS) is 19.6. The van der Waals surface area contributed by atoms with E-state index in [1.54, 1.807) is 5.38 Å². The third-order valence-electron chi connectivity index (χ3n) is 3.99. The minimum Gasteiger partial charge on any atom is -0.355 e. The van der Waals surface area contributed by atoms with Gasteiger partial charge in [-0.3, -0.25) is 14.2 Å². The third-order valence-corrected chi connectivity index (χ3v) is 4.87. The summed E-state index contributed by atoms with van der Waals surface area (Å²) in [6, 6.07) is 0. The molecule has 1 aromatic heterocycles. The van der Waals surface area contributed by atoms with Crippen LogP contribution in [0.1, 0.15) is 31.9 Å². The molecule has 0 spiro atoms. The van der Waals surface area contributed by atoms with Crippen LogP contribution in [0.3, 0.4) is 0 Å². The number of amides is 1.